The Bertz CT molecular complexity index is 370. The second-order valence-electron chi connectivity index (χ2n) is 3.38. The number of nitrogen functional groups attached to an aromatic ring is 1. The Hall–Kier alpha value is -1.80. The molecular weight excluding hydrogens is 192 g/mol. The highest BCUT2D eigenvalue weighted by Gasteiger charge is 2.20. The molecule has 1 aromatic rings. The first-order valence-electron chi connectivity index (χ1n) is 4.77. The van der Waals surface area contributed by atoms with Crippen LogP contribution in [-0.2, 0) is 4.74 Å². The number of ether oxygens (including phenoxy) is 1. The van der Waals surface area contributed by atoms with Crippen molar-refractivity contribution in [3.63, 3.8) is 0 Å². The van der Waals surface area contributed by atoms with Gasteiger partial charge in [-0.2, -0.15) is 5.26 Å². The topological polar surface area (TPSA) is 75.2 Å². The molecule has 1 atom stereocenters. The molecule has 0 bridgehead atoms. The lowest BCUT2D eigenvalue weighted by Gasteiger charge is -2.31. The summed E-state index contributed by atoms with van der Waals surface area (Å²) < 4.78 is 5.25. The van der Waals surface area contributed by atoms with E-state index in [0.29, 0.717) is 19.0 Å². The zero-order chi connectivity index (χ0) is 10.7. The van der Waals surface area contributed by atoms with Crippen molar-refractivity contribution in [2.45, 2.75) is 6.10 Å². The van der Waals surface area contributed by atoms with E-state index in [4.69, 9.17) is 15.7 Å². The monoisotopic (exact) mass is 204 g/mol. The number of aromatic nitrogens is 1. The molecule has 0 aliphatic carbocycles. The Balaban J connectivity index is 2.10. The maximum Gasteiger partial charge on any atom is 0.161 e. The Labute approximate surface area is 88.1 Å². The molecule has 0 saturated carbocycles. The number of nitrogens with zero attached hydrogens (tertiary/aromatic N) is 3. The van der Waals surface area contributed by atoms with Gasteiger partial charge in [0.2, 0.25) is 0 Å². The number of rotatable bonds is 1. The van der Waals surface area contributed by atoms with Crippen molar-refractivity contribution in [2.75, 3.05) is 30.3 Å². The smallest absolute Gasteiger partial charge is 0.161 e. The lowest BCUT2D eigenvalue weighted by molar-refractivity contribution is 0.0764. The molecule has 2 heterocycles. The average Bonchev–Trinajstić information content (AvgIpc) is 2.30. The van der Waals surface area contributed by atoms with E-state index in [1.807, 2.05) is 6.07 Å². The van der Waals surface area contributed by atoms with Crippen molar-refractivity contribution >= 4 is 11.5 Å². The largest absolute Gasteiger partial charge is 0.384 e. The van der Waals surface area contributed by atoms with Crippen LogP contribution in [-0.4, -0.2) is 30.8 Å². The second kappa shape index (κ2) is 4.15. The number of nitrogens with two attached hydrogens (primary N) is 1. The summed E-state index contributed by atoms with van der Waals surface area (Å²) in [5, 5.41) is 8.76. The molecule has 1 aliphatic heterocycles. The van der Waals surface area contributed by atoms with Crippen molar-refractivity contribution in [1.29, 1.82) is 5.26 Å². The highest BCUT2D eigenvalue weighted by molar-refractivity contribution is 5.48. The summed E-state index contributed by atoms with van der Waals surface area (Å²) in [6.45, 7) is 1.94. The van der Waals surface area contributed by atoms with Gasteiger partial charge in [0, 0.05) is 6.54 Å². The molecule has 15 heavy (non-hydrogen) atoms. The fourth-order valence-corrected chi connectivity index (χ4v) is 1.55. The van der Waals surface area contributed by atoms with Gasteiger partial charge in [-0.25, -0.2) is 4.98 Å². The van der Waals surface area contributed by atoms with Gasteiger partial charge in [0.25, 0.3) is 0 Å². The summed E-state index contributed by atoms with van der Waals surface area (Å²) in [6.07, 6.45) is 1.37. The van der Waals surface area contributed by atoms with Crippen molar-refractivity contribution in [3.05, 3.63) is 18.3 Å². The quantitative estimate of drug-likeness (QED) is 0.716. The van der Waals surface area contributed by atoms with Crippen LogP contribution < -0.4 is 10.6 Å². The predicted octanol–water partition coefficient (Wildman–Crippen LogP) is 0.393. The Kier molecular flexibility index (Phi) is 2.70. The fraction of sp³-hybridized carbons (Fsp3) is 0.400. The van der Waals surface area contributed by atoms with E-state index in [9.17, 15) is 0 Å². The van der Waals surface area contributed by atoms with Gasteiger partial charge >= 0.3 is 0 Å². The number of morpholine rings is 1. The normalized spacial score (nSPS) is 21.0. The van der Waals surface area contributed by atoms with Gasteiger partial charge in [0.1, 0.15) is 5.82 Å². The molecule has 1 unspecified atom stereocenters. The zero-order valence-electron chi connectivity index (χ0n) is 8.26. The van der Waals surface area contributed by atoms with Gasteiger partial charge in [-0.05, 0) is 12.1 Å². The minimum atomic E-state index is -0.351. The van der Waals surface area contributed by atoms with Crippen LogP contribution in [0, 0.1) is 11.3 Å². The van der Waals surface area contributed by atoms with E-state index < -0.39 is 0 Å². The summed E-state index contributed by atoms with van der Waals surface area (Å²) in [6, 6.07) is 5.77. The third kappa shape index (κ3) is 2.17. The predicted molar refractivity (Wildman–Crippen MR) is 56.2 cm³/mol. The molecule has 0 amide bonds. The van der Waals surface area contributed by atoms with E-state index in [2.05, 4.69) is 16.0 Å². The molecular formula is C10H12N4O. The number of hydrogen-bond acceptors (Lipinski definition) is 5. The third-order valence-electron chi connectivity index (χ3n) is 2.35. The van der Waals surface area contributed by atoms with E-state index in [1.54, 1.807) is 12.3 Å². The standard InChI is InChI=1S/C10H12N4O/c11-5-9-7-14(3-4-15-9)8-1-2-10(12)13-6-8/h1-2,6,9H,3-4,7H2,(H2,12,13). The number of pyridine rings is 1. The summed E-state index contributed by atoms with van der Waals surface area (Å²) in [5.74, 6) is 0.504. The molecule has 78 valence electrons. The van der Waals surface area contributed by atoms with Crippen LogP contribution >= 0.6 is 0 Å². The van der Waals surface area contributed by atoms with E-state index in [-0.39, 0.29) is 6.10 Å². The summed E-state index contributed by atoms with van der Waals surface area (Å²) >= 11 is 0. The van der Waals surface area contributed by atoms with Gasteiger partial charge in [-0.1, -0.05) is 0 Å². The van der Waals surface area contributed by atoms with Crippen LogP contribution in [0.2, 0.25) is 0 Å². The van der Waals surface area contributed by atoms with E-state index in [1.165, 1.54) is 0 Å². The first kappa shape index (κ1) is 9.74. The average molecular weight is 204 g/mol. The Morgan fingerprint density at radius 3 is 3.13 bits per heavy atom. The molecule has 0 spiro atoms. The Morgan fingerprint density at radius 2 is 2.47 bits per heavy atom. The SMILES string of the molecule is N#CC1CN(c2ccc(N)nc2)CCO1. The first-order chi connectivity index (χ1) is 7.29. The van der Waals surface area contributed by atoms with Crippen molar-refractivity contribution < 1.29 is 4.74 Å². The van der Waals surface area contributed by atoms with Crippen LogP contribution in [0.1, 0.15) is 0 Å². The van der Waals surface area contributed by atoms with Gasteiger partial charge in [-0.3, -0.25) is 0 Å². The van der Waals surface area contributed by atoms with Crippen LogP contribution in [0.25, 0.3) is 0 Å². The van der Waals surface area contributed by atoms with Gasteiger partial charge in [0.15, 0.2) is 6.10 Å². The van der Waals surface area contributed by atoms with Gasteiger partial charge in [-0.15, -0.1) is 0 Å². The van der Waals surface area contributed by atoms with Crippen LogP contribution in [0.15, 0.2) is 18.3 Å². The third-order valence-corrected chi connectivity index (χ3v) is 2.35. The summed E-state index contributed by atoms with van der Waals surface area (Å²) in [5.41, 5.74) is 6.48. The Morgan fingerprint density at radius 1 is 1.60 bits per heavy atom. The molecule has 2 rings (SSSR count). The van der Waals surface area contributed by atoms with Crippen molar-refractivity contribution in [3.8, 4) is 6.07 Å². The minimum Gasteiger partial charge on any atom is -0.384 e. The molecule has 0 radical (unpaired) electrons. The van der Waals surface area contributed by atoms with Crippen molar-refractivity contribution in [2.24, 2.45) is 0 Å². The minimum absolute atomic E-state index is 0.351. The molecule has 5 nitrogen and oxygen atoms in total. The summed E-state index contributed by atoms with van der Waals surface area (Å²) in [7, 11) is 0. The molecule has 1 saturated heterocycles. The molecule has 5 heteroatoms. The van der Waals surface area contributed by atoms with E-state index in [0.717, 1.165) is 12.2 Å². The maximum atomic E-state index is 8.76. The van der Waals surface area contributed by atoms with E-state index >= 15 is 0 Å². The lowest BCUT2D eigenvalue weighted by Crippen LogP contribution is -2.41. The lowest BCUT2D eigenvalue weighted by atomic mass is 10.2. The molecule has 2 N–H and O–H groups in total. The summed E-state index contributed by atoms with van der Waals surface area (Å²) in [4.78, 5) is 6.09. The fourth-order valence-electron chi connectivity index (χ4n) is 1.55. The highest BCUT2D eigenvalue weighted by atomic mass is 16.5. The second-order valence-corrected chi connectivity index (χ2v) is 3.38. The number of nitriles is 1. The van der Waals surface area contributed by atoms with Gasteiger partial charge in [0.05, 0.1) is 31.1 Å². The van der Waals surface area contributed by atoms with Crippen molar-refractivity contribution in [1.82, 2.24) is 4.98 Å². The first-order valence-corrected chi connectivity index (χ1v) is 4.77. The maximum absolute atomic E-state index is 8.76. The number of hydrogen-bond donors (Lipinski definition) is 1. The zero-order valence-corrected chi connectivity index (χ0v) is 8.26. The highest BCUT2D eigenvalue weighted by Crippen LogP contribution is 2.17. The molecule has 1 aromatic heterocycles. The molecule has 0 aromatic carbocycles. The van der Waals surface area contributed by atoms with Crippen LogP contribution in [0.4, 0.5) is 11.5 Å². The number of anilines is 2. The van der Waals surface area contributed by atoms with Crippen LogP contribution in [0.5, 0.6) is 0 Å². The molecule has 1 aliphatic rings. The van der Waals surface area contributed by atoms with Gasteiger partial charge < -0.3 is 15.4 Å². The molecule has 1 fully saturated rings. The van der Waals surface area contributed by atoms with Crippen LogP contribution in [0.3, 0.4) is 0 Å².